The van der Waals surface area contributed by atoms with Gasteiger partial charge in [0.15, 0.2) is 0 Å². The summed E-state index contributed by atoms with van der Waals surface area (Å²) in [4.78, 5) is 0. The first kappa shape index (κ1) is 16.6. The summed E-state index contributed by atoms with van der Waals surface area (Å²) < 4.78 is 0. The molecule has 0 radical (unpaired) electrons. The van der Waals surface area contributed by atoms with Crippen molar-refractivity contribution in [3.63, 3.8) is 0 Å². The van der Waals surface area contributed by atoms with E-state index in [0.29, 0.717) is 5.41 Å². The van der Waals surface area contributed by atoms with E-state index in [9.17, 15) is 0 Å². The molecule has 0 aromatic carbocycles. The molecule has 4 bridgehead atoms. The molecule has 0 N–H and O–H groups in total. The third kappa shape index (κ3) is 2.60. The van der Waals surface area contributed by atoms with Crippen LogP contribution in [0.2, 0.25) is 16.6 Å². The van der Waals surface area contributed by atoms with Crippen molar-refractivity contribution in [1.82, 2.24) is 0 Å². The number of rotatable bonds is 3. The summed E-state index contributed by atoms with van der Waals surface area (Å²) in [5.41, 5.74) is 6.83. The Morgan fingerprint density at radius 1 is 0.727 bits per heavy atom. The van der Waals surface area contributed by atoms with Crippen molar-refractivity contribution in [2.45, 2.75) is 96.7 Å². The molecule has 0 aliphatic heterocycles. The van der Waals surface area contributed by atoms with Crippen molar-refractivity contribution in [3.05, 3.63) is 0 Å². The molecule has 22 heavy (non-hydrogen) atoms. The first-order valence-corrected chi connectivity index (χ1v) is 12.0. The first-order chi connectivity index (χ1) is 10.3. The maximum absolute atomic E-state index is 4.08. The molecular formula is C21H36Si. The maximum atomic E-state index is 4.08. The smallest absolute Gasteiger partial charge is 0.130 e. The largest absolute Gasteiger partial charge is 0.145 e. The zero-order valence-electron chi connectivity index (χ0n) is 15.7. The topological polar surface area (TPSA) is 0 Å². The van der Waals surface area contributed by atoms with E-state index in [4.69, 9.17) is 0 Å². The third-order valence-corrected chi connectivity index (χ3v) is 13.7. The molecule has 0 spiro atoms. The van der Waals surface area contributed by atoms with Gasteiger partial charge in [0.1, 0.15) is 8.07 Å². The quantitative estimate of drug-likeness (QED) is 0.416. The minimum absolute atomic E-state index is 0.436. The summed E-state index contributed by atoms with van der Waals surface area (Å²) in [5, 5.41) is 0. The highest BCUT2D eigenvalue weighted by Crippen LogP contribution is 2.60. The second kappa shape index (κ2) is 5.69. The summed E-state index contributed by atoms with van der Waals surface area (Å²) >= 11 is 0. The molecule has 0 saturated heterocycles. The highest BCUT2D eigenvalue weighted by atomic mass is 28.3. The van der Waals surface area contributed by atoms with Crippen LogP contribution in [0.4, 0.5) is 0 Å². The van der Waals surface area contributed by atoms with Crippen molar-refractivity contribution < 1.29 is 0 Å². The first-order valence-electron chi connectivity index (χ1n) is 9.82. The lowest BCUT2D eigenvalue weighted by Crippen LogP contribution is -2.47. The second-order valence-electron chi connectivity index (χ2n) is 9.84. The fourth-order valence-corrected chi connectivity index (χ4v) is 12.3. The highest BCUT2D eigenvalue weighted by Gasteiger charge is 2.51. The molecule has 0 nitrogen and oxygen atoms in total. The van der Waals surface area contributed by atoms with Gasteiger partial charge in [-0.2, -0.15) is 0 Å². The fourth-order valence-electron chi connectivity index (χ4n) is 6.94. The summed E-state index contributed by atoms with van der Waals surface area (Å²) in [7, 11) is -1.54. The second-order valence-corrected chi connectivity index (χ2v) is 15.4. The van der Waals surface area contributed by atoms with Gasteiger partial charge >= 0.3 is 0 Å². The molecule has 4 aliphatic rings. The SMILES string of the molecule is CC(C)[Si](C#CC12CC3CC(CC(C3)C1)C2)(C(C)C)C(C)C. The van der Waals surface area contributed by atoms with Crippen LogP contribution in [-0.2, 0) is 0 Å². The van der Waals surface area contributed by atoms with E-state index in [1.54, 1.807) is 0 Å². The molecule has 0 unspecified atom stereocenters. The lowest BCUT2D eigenvalue weighted by molar-refractivity contribution is -0.0181. The van der Waals surface area contributed by atoms with E-state index in [1.165, 1.54) is 38.5 Å². The van der Waals surface area contributed by atoms with E-state index in [1.807, 2.05) is 0 Å². The van der Waals surface area contributed by atoms with Crippen molar-refractivity contribution in [2.75, 3.05) is 0 Å². The molecule has 0 heterocycles. The normalized spacial score (nSPS) is 37.0. The lowest BCUT2D eigenvalue weighted by Gasteiger charge is -2.55. The molecule has 1 heteroatoms. The monoisotopic (exact) mass is 316 g/mol. The molecule has 4 fully saturated rings. The van der Waals surface area contributed by atoms with Crippen LogP contribution in [0.25, 0.3) is 0 Å². The van der Waals surface area contributed by atoms with Gasteiger partial charge in [0.05, 0.1) is 0 Å². The molecule has 4 saturated carbocycles. The Labute approximate surface area is 139 Å². The van der Waals surface area contributed by atoms with Gasteiger partial charge in [-0.3, -0.25) is 0 Å². The van der Waals surface area contributed by atoms with Gasteiger partial charge in [-0.15, -0.1) is 11.5 Å². The van der Waals surface area contributed by atoms with E-state index >= 15 is 0 Å². The average molecular weight is 317 g/mol. The van der Waals surface area contributed by atoms with E-state index in [0.717, 1.165) is 34.4 Å². The highest BCUT2D eigenvalue weighted by molar-refractivity contribution is 6.90. The number of hydrogen-bond donors (Lipinski definition) is 0. The maximum Gasteiger partial charge on any atom is 0.145 e. The van der Waals surface area contributed by atoms with Gasteiger partial charge in [0, 0.05) is 5.41 Å². The fraction of sp³-hybridized carbons (Fsp3) is 0.905. The van der Waals surface area contributed by atoms with Crippen LogP contribution in [0.3, 0.4) is 0 Å². The minimum atomic E-state index is -1.54. The molecule has 4 rings (SSSR count). The molecule has 124 valence electrons. The van der Waals surface area contributed by atoms with E-state index in [2.05, 4.69) is 53.0 Å². The standard InChI is InChI=1S/C21H36Si/c1-15(2)22(16(3)4,17(5)6)8-7-21-12-18-9-19(13-21)11-20(10-18)14-21/h15-20H,9-14H2,1-6H3. The Hall–Kier alpha value is -0.223. The van der Waals surface area contributed by atoms with Crippen molar-refractivity contribution in [2.24, 2.45) is 23.2 Å². The predicted octanol–water partition coefficient (Wildman–Crippen LogP) is 6.42. The third-order valence-electron chi connectivity index (χ3n) is 7.45. The summed E-state index contributed by atoms with van der Waals surface area (Å²) in [6, 6.07) is 0. The lowest BCUT2D eigenvalue weighted by atomic mass is 9.50. The Kier molecular flexibility index (Phi) is 4.30. The van der Waals surface area contributed by atoms with Crippen LogP contribution in [0.15, 0.2) is 0 Å². The molecule has 4 aliphatic carbocycles. The van der Waals surface area contributed by atoms with E-state index in [-0.39, 0.29) is 0 Å². The summed E-state index contributed by atoms with van der Waals surface area (Å²) in [5.74, 6) is 7.09. The molecule has 0 aromatic rings. The minimum Gasteiger partial charge on any atom is -0.130 e. The number of hydrogen-bond acceptors (Lipinski definition) is 0. The van der Waals surface area contributed by atoms with Crippen molar-refractivity contribution >= 4 is 8.07 Å². The summed E-state index contributed by atoms with van der Waals surface area (Å²) in [6.07, 6.45) is 8.90. The van der Waals surface area contributed by atoms with Gasteiger partial charge < -0.3 is 0 Å². The van der Waals surface area contributed by atoms with Gasteiger partial charge in [0.2, 0.25) is 0 Å². The molecule has 0 amide bonds. The molecular weight excluding hydrogens is 280 g/mol. The average Bonchev–Trinajstić information content (AvgIpc) is 2.35. The summed E-state index contributed by atoms with van der Waals surface area (Å²) in [6.45, 7) is 14.7. The van der Waals surface area contributed by atoms with Gasteiger partial charge in [-0.05, 0) is 72.9 Å². The van der Waals surface area contributed by atoms with Crippen molar-refractivity contribution in [3.8, 4) is 11.5 Å². The van der Waals surface area contributed by atoms with Crippen LogP contribution in [0.1, 0.15) is 80.1 Å². The Morgan fingerprint density at radius 3 is 1.41 bits per heavy atom. The van der Waals surface area contributed by atoms with Crippen LogP contribution < -0.4 is 0 Å². The van der Waals surface area contributed by atoms with Gasteiger partial charge in [-0.25, -0.2) is 0 Å². The zero-order valence-corrected chi connectivity index (χ0v) is 16.7. The Morgan fingerprint density at radius 2 is 1.09 bits per heavy atom. The van der Waals surface area contributed by atoms with Crippen LogP contribution in [0, 0.1) is 34.6 Å². The van der Waals surface area contributed by atoms with Crippen LogP contribution in [-0.4, -0.2) is 8.07 Å². The molecule has 0 aromatic heterocycles. The Balaban J connectivity index is 1.92. The van der Waals surface area contributed by atoms with E-state index < -0.39 is 8.07 Å². The van der Waals surface area contributed by atoms with Crippen LogP contribution >= 0.6 is 0 Å². The van der Waals surface area contributed by atoms with Crippen molar-refractivity contribution in [1.29, 1.82) is 0 Å². The molecule has 0 atom stereocenters. The zero-order chi connectivity index (χ0) is 16.1. The van der Waals surface area contributed by atoms with Gasteiger partial charge in [-0.1, -0.05) is 41.5 Å². The Bertz CT molecular complexity index is 417. The predicted molar refractivity (Wildman–Crippen MR) is 99.4 cm³/mol. The van der Waals surface area contributed by atoms with Crippen LogP contribution in [0.5, 0.6) is 0 Å². The van der Waals surface area contributed by atoms with Gasteiger partial charge in [0.25, 0.3) is 0 Å².